The van der Waals surface area contributed by atoms with Crippen molar-refractivity contribution in [3.63, 3.8) is 0 Å². The van der Waals surface area contributed by atoms with Gasteiger partial charge in [-0.05, 0) is 30.7 Å². The number of amides is 1. The van der Waals surface area contributed by atoms with Gasteiger partial charge in [-0.3, -0.25) is 4.79 Å². The minimum atomic E-state index is 0.122. The van der Waals surface area contributed by atoms with Gasteiger partial charge in [-0.2, -0.15) is 0 Å². The lowest BCUT2D eigenvalue weighted by atomic mass is 10.1. The summed E-state index contributed by atoms with van der Waals surface area (Å²) in [6, 6.07) is 14.4. The molecule has 0 aliphatic rings. The molecule has 3 rings (SSSR count). The SMILES string of the molecule is CCCCCCCCCCCC(=O)Nc1ccc2[nH]c3ccccc3c2c1. The first-order valence-corrected chi connectivity index (χ1v) is 10.6. The van der Waals surface area contributed by atoms with E-state index in [-0.39, 0.29) is 5.91 Å². The van der Waals surface area contributed by atoms with E-state index in [0.29, 0.717) is 6.42 Å². The summed E-state index contributed by atoms with van der Waals surface area (Å²) in [5, 5.41) is 5.42. The summed E-state index contributed by atoms with van der Waals surface area (Å²) in [5.41, 5.74) is 3.12. The highest BCUT2D eigenvalue weighted by molar-refractivity contribution is 6.08. The highest BCUT2D eigenvalue weighted by atomic mass is 16.1. The number of aromatic nitrogens is 1. The average molecular weight is 365 g/mol. The number of H-pyrrole nitrogens is 1. The molecule has 144 valence electrons. The molecule has 0 unspecified atom stereocenters. The van der Waals surface area contributed by atoms with Gasteiger partial charge in [0.15, 0.2) is 0 Å². The van der Waals surface area contributed by atoms with E-state index in [1.807, 2.05) is 24.3 Å². The summed E-state index contributed by atoms with van der Waals surface area (Å²) in [6.45, 7) is 2.25. The van der Waals surface area contributed by atoms with Crippen LogP contribution in [0.15, 0.2) is 42.5 Å². The molecule has 2 N–H and O–H groups in total. The smallest absolute Gasteiger partial charge is 0.224 e. The molecule has 0 saturated heterocycles. The van der Waals surface area contributed by atoms with E-state index >= 15 is 0 Å². The number of hydrogen-bond acceptors (Lipinski definition) is 1. The van der Waals surface area contributed by atoms with Crippen LogP contribution in [0, 0.1) is 0 Å². The van der Waals surface area contributed by atoms with Crippen LogP contribution < -0.4 is 5.32 Å². The van der Waals surface area contributed by atoms with Crippen LogP contribution in [0.4, 0.5) is 5.69 Å². The lowest BCUT2D eigenvalue weighted by Crippen LogP contribution is -2.10. The predicted molar refractivity (Wildman–Crippen MR) is 116 cm³/mol. The Labute approximate surface area is 162 Å². The van der Waals surface area contributed by atoms with E-state index in [9.17, 15) is 4.79 Å². The first kappa shape index (κ1) is 19.5. The van der Waals surface area contributed by atoms with Crippen molar-refractivity contribution in [2.45, 2.75) is 71.1 Å². The largest absolute Gasteiger partial charge is 0.355 e. The van der Waals surface area contributed by atoms with Crippen molar-refractivity contribution >= 4 is 33.4 Å². The Morgan fingerprint density at radius 2 is 1.48 bits per heavy atom. The van der Waals surface area contributed by atoms with Crippen molar-refractivity contribution in [2.24, 2.45) is 0 Å². The molecule has 0 aliphatic heterocycles. The maximum Gasteiger partial charge on any atom is 0.224 e. The minimum absolute atomic E-state index is 0.122. The molecule has 0 bridgehead atoms. The zero-order chi connectivity index (χ0) is 18.9. The number of rotatable bonds is 11. The van der Waals surface area contributed by atoms with Crippen molar-refractivity contribution in [3.8, 4) is 0 Å². The molecule has 1 heterocycles. The van der Waals surface area contributed by atoms with Crippen molar-refractivity contribution in [1.29, 1.82) is 0 Å². The zero-order valence-electron chi connectivity index (χ0n) is 16.5. The van der Waals surface area contributed by atoms with Crippen molar-refractivity contribution in [3.05, 3.63) is 42.5 Å². The highest BCUT2D eigenvalue weighted by Crippen LogP contribution is 2.27. The van der Waals surface area contributed by atoms with Gasteiger partial charge in [-0.15, -0.1) is 0 Å². The summed E-state index contributed by atoms with van der Waals surface area (Å²) in [4.78, 5) is 15.7. The molecule has 0 aliphatic carbocycles. The van der Waals surface area contributed by atoms with Crippen LogP contribution >= 0.6 is 0 Å². The molecule has 0 spiro atoms. The van der Waals surface area contributed by atoms with Crippen LogP contribution in [-0.2, 0) is 4.79 Å². The summed E-state index contributed by atoms with van der Waals surface area (Å²) in [5.74, 6) is 0.122. The normalized spacial score (nSPS) is 11.3. The van der Waals surface area contributed by atoms with E-state index in [4.69, 9.17) is 0 Å². The van der Waals surface area contributed by atoms with E-state index < -0.39 is 0 Å². The van der Waals surface area contributed by atoms with E-state index in [2.05, 4.69) is 35.4 Å². The first-order chi connectivity index (χ1) is 13.3. The Bertz CT molecular complexity index is 865. The molecule has 0 fully saturated rings. The Morgan fingerprint density at radius 1 is 0.815 bits per heavy atom. The number of carbonyl (C=O) groups excluding carboxylic acids is 1. The third-order valence-corrected chi connectivity index (χ3v) is 5.30. The maximum absolute atomic E-state index is 12.2. The summed E-state index contributed by atoms with van der Waals surface area (Å²) < 4.78 is 0. The fourth-order valence-electron chi connectivity index (χ4n) is 3.75. The van der Waals surface area contributed by atoms with Crippen LogP contribution in [0.2, 0.25) is 0 Å². The topological polar surface area (TPSA) is 44.9 Å². The number of anilines is 1. The number of benzene rings is 2. The summed E-state index contributed by atoms with van der Waals surface area (Å²) >= 11 is 0. The molecule has 0 saturated carbocycles. The second-order valence-corrected chi connectivity index (χ2v) is 7.56. The lowest BCUT2D eigenvalue weighted by Gasteiger charge is -2.06. The second-order valence-electron chi connectivity index (χ2n) is 7.56. The molecular weight excluding hydrogens is 332 g/mol. The van der Waals surface area contributed by atoms with Gasteiger partial charge in [-0.1, -0.05) is 76.5 Å². The van der Waals surface area contributed by atoms with Gasteiger partial charge in [0.2, 0.25) is 5.91 Å². The van der Waals surface area contributed by atoms with Crippen LogP contribution in [0.5, 0.6) is 0 Å². The van der Waals surface area contributed by atoms with Crippen LogP contribution in [0.25, 0.3) is 21.8 Å². The fraction of sp³-hybridized carbons (Fsp3) is 0.458. The highest BCUT2D eigenvalue weighted by Gasteiger charge is 2.07. The molecule has 0 radical (unpaired) electrons. The monoisotopic (exact) mass is 364 g/mol. The Hall–Kier alpha value is -2.29. The zero-order valence-corrected chi connectivity index (χ0v) is 16.5. The standard InChI is InChI=1S/C24H32N2O/c1-2-3-4-5-6-7-8-9-10-15-24(27)25-19-16-17-23-21(18-19)20-13-11-12-14-22(20)26-23/h11-14,16-18,26H,2-10,15H2,1H3,(H,25,27). The number of aromatic amines is 1. The molecule has 27 heavy (non-hydrogen) atoms. The van der Waals surface area contributed by atoms with Crippen molar-refractivity contribution in [2.75, 3.05) is 5.32 Å². The predicted octanol–water partition coefficient (Wildman–Crippen LogP) is 7.18. The summed E-state index contributed by atoms with van der Waals surface area (Å²) in [7, 11) is 0. The van der Waals surface area contributed by atoms with Crippen LogP contribution in [-0.4, -0.2) is 10.9 Å². The molecule has 0 atom stereocenters. The Kier molecular flexibility index (Phi) is 7.32. The maximum atomic E-state index is 12.2. The lowest BCUT2D eigenvalue weighted by molar-refractivity contribution is -0.116. The Morgan fingerprint density at radius 3 is 2.26 bits per heavy atom. The third kappa shape index (κ3) is 5.59. The molecular formula is C24H32N2O. The number of para-hydroxylation sites is 1. The van der Waals surface area contributed by atoms with E-state index in [0.717, 1.165) is 34.9 Å². The van der Waals surface area contributed by atoms with E-state index in [1.165, 1.54) is 50.3 Å². The molecule has 1 aromatic heterocycles. The molecule has 3 heteroatoms. The van der Waals surface area contributed by atoms with Crippen LogP contribution in [0.3, 0.4) is 0 Å². The minimum Gasteiger partial charge on any atom is -0.355 e. The first-order valence-electron chi connectivity index (χ1n) is 10.6. The molecule has 2 aromatic carbocycles. The average Bonchev–Trinajstić information content (AvgIpc) is 3.05. The molecule has 3 aromatic rings. The van der Waals surface area contributed by atoms with Gasteiger partial charge in [0.05, 0.1) is 0 Å². The fourth-order valence-corrected chi connectivity index (χ4v) is 3.75. The van der Waals surface area contributed by atoms with Gasteiger partial charge in [0, 0.05) is 33.9 Å². The number of fused-ring (bicyclic) bond motifs is 3. The van der Waals surface area contributed by atoms with Gasteiger partial charge < -0.3 is 10.3 Å². The number of unbranched alkanes of at least 4 members (excludes halogenated alkanes) is 8. The number of carbonyl (C=O) groups is 1. The van der Waals surface area contributed by atoms with E-state index in [1.54, 1.807) is 0 Å². The van der Waals surface area contributed by atoms with Crippen LogP contribution in [0.1, 0.15) is 71.1 Å². The molecule has 1 amide bonds. The second kappa shape index (κ2) is 10.1. The van der Waals surface area contributed by atoms with Crippen molar-refractivity contribution in [1.82, 2.24) is 4.98 Å². The number of hydrogen-bond donors (Lipinski definition) is 2. The van der Waals surface area contributed by atoms with Gasteiger partial charge >= 0.3 is 0 Å². The third-order valence-electron chi connectivity index (χ3n) is 5.30. The number of nitrogens with one attached hydrogen (secondary N) is 2. The summed E-state index contributed by atoms with van der Waals surface area (Å²) in [6.07, 6.45) is 12.1. The van der Waals surface area contributed by atoms with Gasteiger partial charge in [-0.25, -0.2) is 0 Å². The van der Waals surface area contributed by atoms with Gasteiger partial charge in [0.1, 0.15) is 0 Å². The van der Waals surface area contributed by atoms with Crippen molar-refractivity contribution < 1.29 is 4.79 Å². The quantitative estimate of drug-likeness (QED) is 0.348. The Balaban J connectivity index is 1.41. The molecule has 3 nitrogen and oxygen atoms in total. The van der Waals surface area contributed by atoms with Gasteiger partial charge in [0.25, 0.3) is 0 Å².